The Bertz CT molecular complexity index is 1700. The normalized spacial score (nSPS) is 29.4. The van der Waals surface area contributed by atoms with E-state index in [1.807, 2.05) is 30.4 Å². The molecule has 1 aromatic rings. The molecular formula is C33H39F2N5O8S. The Labute approximate surface area is 282 Å². The van der Waals surface area contributed by atoms with Crippen LogP contribution in [0.5, 0.6) is 0 Å². The van der Waals surface area contributed by atoms with Gasteiger partial charge in [-0.3, -0.25) is 28.8 Å². The van der Waals surface area contributed by atoms with Crippen LogP contribution in [0.2, 0.25) is 0 Å². The maximum atomic E-state index is 13.9. The maximum Gasteiger partial charge on any atom is 0.410 e. The van der Waals surface area contributed by atoms with E-state index >= 15 is 0 Å². The molecule has 2 saturated carbocycles. The topological polar surface area (TPSA) is 171 Å². The molecule has 0 unspecified atom stereocenters. The lowest BCUT2D eigenvalue weighted by Gasteiger charge is -2.29. The smallest absolute Gasteiger partial charge is 0.410 e. The molecule has 16 heteroatoms. The van der Waals surface area contributed by atoms with E-state index in [1.54, 1.807) is 0 Å². The molecule has 2 aliphatic carbocycles. The van der Waals surface area contributed by atoms with Crippen molar-refractivity contribution in [3.05, 3.63) is 53.6 Å². The van der Waals surface area contributed by atoms with Crippen molar-refractivity contribution < 1.29 is 45.9 Å². The number of nitrogens with zero attached hydrogens (tertiary/aromatic N) is 2. The second-order valence-electron chi connectivity index (χ2n) is 13.3. The van der Waals surface area contributed by atoms with E-state index in [0.717, 1.165) is 21.6 Å². The van der Waals surface area contributed by atoms with Gasteiger partial charge >= 0.3 is 6.09 Å². The van der Waals surface area contributed by atoms with Crippen LogP contribution in [0, 0.1) is 5.92 Å². The first kappa shape index (κ1) is 34.5. The lowest BCUT2D eigenvalue weighted by atomic mass is 10.0. The molecule has 13 nitrogen and oxygen atoms in total. The summed E-state index contributed by atoms with van der Waals surface area (Å²) >= 11 is 0. The molecule has 5 atom stereocenters. The molecule has 5 aliphatic rings. The molecule has 6 rings (SSSR count). The third-order valence-corrected chi connectivity index (χ3v) is 11.6. The molecule has 5 amide bonds. The van der Waals surface area contributed by atoms with Crippen molar-refractivity contribution in [3.8, 4) is 0 Å². The van der Waals surface area contributed by atoms with Gasteiger partial charge < -0.3 is 20.3 Å². The highest BCUT2D eigenvalue weighted by Crippen LogP contribution is 2.45. The standard InChI is InChI=1S/C33H39F2N5O8S/c1-2-21-15-33(21,31(44)38-49(46,47)23-11-12-23)37-29(42)26-13-22-17-40(26)30(43)25(14-27(34)35)36-28(41)10-5-3-4-7-19-8-6-9-20-16-39(18-24(19)20)32(45)48-22/h2,4,6-9,21-23,25-27H,1,3,5,10-18H2,(H,36,41)(H,37,42)(H,38,44)/b7-4+/t21-,22+,25-,26-,33+/m0/s1. The van der Waals surface area contributed by atoms with Crippen LogP contribution in [0.3, 0.4) is 0 Å². The van der Waals surface area contributed by atoms with Crippen LogP contribution in [0.1, 0.15) is 68.1 Å². The van der Waals surface area contributed by atoms with Crippen LogP contribution < -0.4 is 15.4 Å². The minimum atomic E-state index is -3.96. The monoisotopic (exact) mass is 703 g/mol. The van der Waals surface area contributed by atoms with Gasteiger partial charge in [0.25, 0.3) is 5.91 Å². The molecule has 3 aliphatic heterocycles. The number of allylic oxidation sites excluding steroid dienone is 1. The van der Waals surface area contributed by atoms with Gasteiger partial charge in [0.2, 0.25) is 34.2 Å². The van der Waals surface area contributed by atoms with Gasteiger partial charge in [0, 0.05) is 31.7 Å². The van der Waals surface area contributed by atoms with Crippen LogP contribution in [0.15, 0.2) is 36.9 Å². The third-order valence-electron chi connectivity index (χ3n) is 9.76. The van der Waals surface area contributed by atoms with Crippen molar-refractivity contribution >= 4 is 45.8 Å². The average molecular weight is 704 g/mol. The van der Waals surface area contributed by atoms with E-state index in [4.69, 9.17) is 4.74 Å². The number of sulfonamides is 1. The average Bonchev–Trinajstić information content (AvgIpc) is 3.94. The van der Waals surface area contributed by atoms with Crippen molar-refractivity contribution in [1.82, 2.24) is 25.2 Å². The second kappa shape index (κ2) is 13.5. The number of carbonyl (C=O) groups is 5. The molecular weight excluding hydrogens is 664 g/mol. The number of fused-ring (bicyclic) bond motifs is 3. The van der Waals surface area contributed by atoms with Gasteiger partial charge in [0.1, 0.15) is 23.7 Å². The fourth-order valence-corrected chi connectivity index (χ4v) is 8.17. The SMILES string of the molecule is C=C[C@H]1C[C@]1(NC(=O)[C@@H]1C[C@@H]2CN1C(=O)[C@H](CC(F)F)NC(=O)CCC/C=C/c1cccc3c1CN(C3)C(=O)O2)C(=O)NS(=O)(=O)C1CC1. The summed E-state index contributed by atoms with van der Waals surface area (Å²) in [5.74, 6) is -4.02. The molecule has 1 aromatic carbocycles. The number of amides is 5. The number of carbonyl (C=O) groups excluding carboxylic acids is 5. The zero-order chi connectivity index (χ0) is 35.1. The van der Waals surface area contributed by atoms with E-state index in [0.29, 0.717) is 25.7 Å². The first-order valence-electron chi connectivity index (χ1n) is 16.4. The summed E-state index contributed by atoms with van der Waals surface area (Å²) < 4.78 is 60.4. The molecule has 264 valence electrons. The lowest BCUT2D eigenvalue weighted by molar-refractivity contribution is -0.143. The van der Waals surface area contributed by atoms with E-state index < -0.39 is 87.5 Å². The second-order valence-corrected chi connectivity index (χ2v) is 15.3. The highest BCUT2D eigenvalue weighted by Gasteiger charge is 2.62. The fraction of sp³-hybridized carbons (Fsp3) is 0.545. The van der Waals surface area contributed by atoms with Gasteiger partial charge in [-0.25, -0.2) is 22.0 Å². The minimum absolute atomic E-state index is 0.0352. The van der Waals surface area contributed by atoms with Crippen LogP contribution >= 0.6 is 0 Å². The zero-order valence-corrected chi connectivity index (χ0v) is 27.6. The first-order chi connectivity index (χ1) is 23.3. The Morgan fingerprint density at radius 3 is 2.65 bits per heavy atom. The molecule has 3 fully saturated rings. The van der Waals surface area contributed by atoms with Gasteiger partial charge in [-0.1, -0.05) is 36.4 Å². The molecule has 4 bridgehead atoms. The van der Waals surface area contributed by atoms with Crippen molar-refractivity contribution in [3.63, 3.8) is 0 Å². The van der Waals surface area contributed by atoms with Crippen LogP contribution in [-0.4, -0.2) is 89.9 Å². The molecule has 0 aromatic heterocycles. The highest BCUT2D eigenvalue weighted by molar-refractivity contribution is 7.91. The summed E-state index contributed by atoms with van der Waals surface area (Å²) in [6.07, 6.45) is 0.942. The van der Waals surface area contributed by atoms with Crippen LogP contribution in [-0.2, 0) is 47.0 Å². The maximum absolute atomic E-state index is 13.9. The first-order valence-corrected chi connectivity index (χ1v) is 18.0. The summed E-state index contributed by atoms with van der Waals surface area (Å²) in [6, 6.07) is 2.62. The van der Waals surface area contributed by atoms with Crippen molar-refractivity contribution in [2.45, 2.75) is 99.9 Å². The van der Waals surface area contributed by atoms with E-state index in [1.165, 1.54) is 11.0 Å². The number of nitrogens with one attached hydrogen (secondary N) is 3. The Kier molecular flexibility index (Phi) is 9.52. The molecule has 3 heterocycles. The van der Waals surface area contributed by atoms with Crippen molar-refractivity contribution in [2.75, 3.05) is 6.54 Å². The number of ether oxygens (including phenoxy) is 1. The Hall–Kier alpha value is -4.34. The van der Waals surface area contributed by atoms with Crippen molar-refractivity contribution in [2.24, 2.45) is 5.92 Å². The predicted octanol–water partition coefficient (Wildman–Crippen LogP) is 2.11. The number of rotatable bonds is 8. The number of benzene rings is 1. The van der Waals surface area contributed by atoms with E-state index in [2.05, 4.69) is 21.9 Å². The van der Waals surface area contributed by atoms with Crippen LogP contribution in [0.4, 0.5) is 13.6 Å². The van der Waals surface area contributed by atoms with Gasteiger partial charge in [-0.15, -0.1) is 6.58 Å². The third kappa shape index (κ3) is 7.33. The summed E-state index contributed by atoms with van der Waals surface area (Å²) in [5.41, 5.74) is 1.12. The van der Waals surface area contributed by atoms with Gasteiger partial charge in [-0.05, 0) is 48.8 Å². The highest BCUT2D eigenvalue weighted by atomic mass is 32.2. The summed E-state index contributed by atoms with van der Waals surface area (Å²) in [4.78, 5) is 69.8. The number of halogens is 2. The fourth-order valence-electron chi connectivity index (χ4n) is 6.80. The molecule has 49 heavy (non-hydrogen) atoms. The molecule has 1 saturated heterocycles. The Morgan fingerprint density at radius 1 is 1.18 bits per heavy atom. The molecule has 3 N–H and O–H groups in total. The van der Waals surface area contributed by atoms with Gasteiger partial charge in [0.15, 0.2) is 0 Å². The number of alkyl halides is 2. The van der Waals surface area contributed by atoms with Crippen molar-refractivity contribution in [1.29, 1.82) is 0 Å². The van der Waals surface area contributed by atoms with Crippen LogP contribution in [0.25, 0.3) is 6.08 Å². The zero-order valence-electron chi connectivity index (χ0n) is 26.7. The number of hydrogen-bond acceptors (Lipinski definition) is 8. The number of hydrogen-bond donors (Lipinski definition) is 3. The summed E-state index contributed by atoms with van der Waals surface area (Å²) in [6.45, 7) is 3.87. The summed E-state index contributed by atoms with van der Waals surface area (Å²) in [7, 11) is -3.96. The lowest BCUT2D eigenvalue weighted by Crippen LogP contribution is -2.58. The molecule has 0 spiro atoms. The largest absolute Gasteiger partial charge is 0.444 e. The Morgan fingerprint density at radius 2 is 1.96 bits per heavy atom. The Balaban J connectivity index is 1.27. The minimum Gasteiger partial charge on any atom is -0.444 e. The molecule has 0 radical (unpaired) electrons. The summed E-state index contributed by atoms with van der Waals surface area (Å²) in [5, 5.41) is 4.30. The van der Waals surface area contributed by atoms with E-state index in [9.17, 15) is 41.2 Å². The van der Waals surface area contributed by atoms with Gasteiger partial charge in [-0.2, -0.15) is 0 Å². The quantitative estimate of drug-likeness (QED) is 0.346. The van der Waals surface area contributed by atoms with E-state index in [-0.39, 0.29) is 38.9 Å². The predicted molar refractivity (Wildman–Crippen MR) is 171 cm³/mol. The van der Waals surface area contributed by atoms with Gasteiger partial charge in [0.05, 0.1) is 18.3 Å².